The molecule has 0 radical (unpaired) electrons. The summed E-state index contributed by atoms with van der Waals surface area (Å²) < 4.78 is 5.28. The number of piperidine rings is 1. The van der Waals surface area contributed by atoms with E-state index in [9.17, 15) is 28.8 Å². The van der Waals surface area contributed by atoms with Crippen molar-refractivity contribution in [3.8, 4) is 0 Å². The number of nitrogens with one attached hydrogen (secondary N) is 4. The number of carbonyl (C=O) groups is 6. The summed E-state index contributed by atoms with van der Waals surface area (Å²) in [4.78, 5) is 79.4. The summed E-state index contributed by atoms with van der Waals surface area (Å²) in [5, 5.41) is 11.2. The van der Waals surface area contributed by atoms with Gasteiger partial charge < -0.3 is 36.6 Å². The Morgan fingerprint density at radius 3 is 2.19 bits per heavy atom. The predicted molar refractivity (Wildman–Crippen MR) is 173 cm³/mol. The van der Waals surface area contributed by atoms with Crippen LogP contribution >= 0.6 is 0 Å². The molecule has 1 aromatic carbocycles. The summed E-state index contributed by atoms with van der Waals surface area (Å²) >= 11 is 0. The molecule has 258 valence electrons. The van der Waals surface area contributed by atoms with E-state index in [0.29, 0.717) is 19.4 Å². The molecular weight excluding hydrogens is 604 g/mol. The number of fused-ring (bicyclic) bond motifs is 1. The van der Waals surface area contributed by atoms with E-state index in [0.717, 1.165) is 5.56 Å². The van der Waals surface area contributed by atoms with Gasteiger partial charge in [-0.1, -0.05) is 78.8 Å². The SMILES string of the molecule is CC(C)[C@H](CNC(=O)OCc1ccccc1)NC(=O)N[C@H](C(=O)N1C[C@H]2[C@@H]([C@H]1C(=O)NC(C(=O)C(N)=O)C1CC1)C2(C)C)C(C)(C)C. The Labute approximate surface area is 276 Å². The number of ketones is 1. The number of primary amides is 1. The fourth-order valence-corrected chi connectivity index (χ4v) is 6.61. The second-order valence-corrected chi connectivity index (χ2v) is 15.2. The molecule has 2 saturated carbocycles. The number of Topliss-reactive ketones (excluding diaryl/α,β-unsaturated/α-hetero) is 1. The largest absolute Gasteiger partial charge is 0.445 e. The number of benzene rings is 1. The first kappa shape index (κ1) is 35.7. The Morgan fingerprint density at radius 1 is 1.00 bits per heavy atom. The van der Waals surface area contributed by atoms with Crippen LogP contribution in [0.1, 0.15) is 66.9 Å². The summed E-state index contributed by atoms with van der Waals surface area (Å²) in [6.45, 7) is 13.9. The number of ether oxygens (including phenoxy) is 1. The number of alkyl carbamates (subject to hydrolysis) is 1. The van der Waals surface area contributed by atoms with Crippen molar-refractivity contribution in [3.63, 3.8) is 0 Å². The van der Waals surface area contributed by atoms with Gasteiger partial charge in [0.2, 0.25) is 17.6 Å². The van der Waals surface area contributed by atoms with Gasteiger partial charge in [0.1, 0.15) is 24.7 Å². The van der Waals surface area contributed by atoms with Crippen LogP contribution in [0, 0.1) is 34.5 Å². The third kappa shape index (κ3) is 8.41. The third-order valence-electron chi connectivity index (χ3n) is 9.87. The summed E-state index contributed by atoms with van der Waals surface area (Å²) in [5.41, 5.74) is 5.19. The molecule has 0 bridgehead atoms. The summed E-state index contributed by atoms with van der Waals surface area (Å²) in [5.74, 6) is -3.14. The summed E-state index contributed by atoms with van der Waals surface area (Å²) in [6, 6.07) is 5.32. The first-order chi connectivity index (χ1) is 21.9. The highest BCUT2D eigenvalue weighted by Gasteiger charge is 2.70. The van der Waals surface area contributed by atoms with E-state index in [4.69, 9.17) is 10.5 Å². The molecule has 13 nitrogen and oxygen atoms in total. The van der Waals surface area contributed by atoms with Gasteiger partial charge in [-0.2, -0.15) is 0 Å². The van der Waals surface area contributed by atoms with Crippen molar-refractivity contribution in [2.45, 2.75) is 92.1 Å². The average Bonchev–Trinajstić information content (AvgIpc) is 3.87. The van der Waals surface area contributed by atoms with E-state index in [1.807, 2.05) is 78.8 Å². The number of hydrogen-bond donors (Lipinski definition) is 5. The van der Waals surface area contributed by atoms with Crippen molar-refractivity contribution in [1.82, 2.24) is 26.2 Å². The molecule has 1 aliphatic heterocycles. The number of nitrogens with two attached hydrogens (primary N) is 1. The third-order valence-corrected chi connectivity index (χ3v) is 9.87. The number of urea groups is 1. The van der Waals surface area contributed by atoms with Crippen LogP contribution in [0.5, 0.6) is 0 Å². The van der Waals surface area contributed by atoms with E-state index >= 15 is 0 Å². The van der Waals surface area contributed by atoms with Crippen molar-refractivity contribution in [1.29, 1.82) is 0 Å². The second kappa shape index (κ2) is 13.9. The Morgan fingerprint density at radius 2 is 1.64 bits per heavy atom. The maximum atomic E-state index is 14.2. The number of nitrogens with zero attached hydrogens (tertiary/aromatic N) is 1. The molecule has 6 atom stereocenters. The zero-order valence-electron chi connectivity index (χ0n) is 28.4. The Kier molecular flexibility index (Phi) is 10.6. The fraction of sp³-hybridized carbons (Fsp3) is 0.647. The van der Waals surface area contributed by atoms with Gasteiger partial charge in [0.25, 0.3) is 5.91 Å². The quantitative estimate of drug-likeness (QED) is 0.201. The zero-order valence-corrected chi connectivity index (χ0v) is 28.4. The maximum Gasteiger partial charge on any atom is 0.407 e. The molecule has 0 spiro atoms. The van der Waals surface area contributed by atoms with Crippen molar-refractivity contribution < 1.29 is 33.5 Å². The highest BCUT2D eigenvalue weighted by molar-refractivity contribution is 6.38. The lowest BCUT2D eigenvalue weighted by Crippen LogP contribution is -2.62. The van der Waals surface area contributed by atoms with E-state index < -0.39 is 65.2 Å². The first-order valence-electron chi connectivity index (χ1n) is 16.4. The van der Waals surface area contributed by atoms with Crippen LogP contribution in [0.4, 0.5) is 9.59 Å². The molecular formula is C34H50N6O7. The van der Waals surface area contributed by atoms with Crippen LogP contribution in [-0.2, 0) is 30.5 Å². The number of hydrogen-bond acceptors (Lipinski definition) is 7. The Hall–Kier alpha value is -4.16. The molecule has 1 aromatic rings. The Bertz CT molecular complexity index is 1370. The van der Waals surface area contributed by atoms with Crippen molar-refractivity contribution in [3.05, 3.63) is 35.9 Å². The van der Waals surface area contributed by atoms with E-state index in [2.05, 4.69) is 21.3 Å². The second-order valence-electron chi connectivity index (χ2n) is 15.2. The molecule has 3 aliphatic rings. The van der Waals surface area contributed by atoms with E-state index in [-0.39, 0.29) is 42.2 Å². The highest BCUT2D eigenvalue weighted by Crippen LogP contribution is 2.65. The average molecular weight is 655 g/mol. The summed E-state index contributed by atoms with van der Waals surface area (Å²) in [6.07, 6.45) is 0.773. The van der Waals surface area contributed by atoms with Gasteiger partial charge in [-0.3, -0.25) is 19.2 Å². The van der Waals surface area contributed by atoms with Gasteiger partial charge >= 0.3 is 12.1 Å². The van der Waals surface area contributed by atoms with Gasteiger partial charge in [-0.05, 0) is 52.9 Å². The van der Waals surface area contributed by atoms with Gasteiger partial charge in [0, 0.05) is 13.1 Å². The number of rotatable bonds is 13. The molecule has 1 heterocycles. The smallest absolute Gasteiger partial charge is 0.407 e. The highest BCUT2D eigenvalue weighted by atomic mass is 16.5. The topological polar surface area (TPSA) is 189 Å². The van der Waals surface area contributed by atoms with Crippen molar-refractivity contribution >= 4 is 35.6 Å². The number of carbonyl (C=O) groups excluding carboxylic acids is 6. The van der Waals surface area contributed by atoms with Crippen molar-refractivity contribution in [2.75, 3.05) is 13.1 Å². The van der Waals surface area contributed by atoms with Crippen LogP contribution < -0.4 is 27.0 Å². The lowest BCUT2D eigenvalue weighted by Gasteiger charge is -2.38. The van der Waals surface area contributed by atoms with Crippen LogP contribution in [-0.4, -0.2) is 77.8 Å². The van der Waals surface area contributed by atoms with Crippen LogP contribution in [0.15, 0.2) is 30.3 Å². The minimum absolute atomic E-state index is 0.0671. The van der Waals surface area contributed by atoms with E-state index in [1.165, 1.54) is 4.90 Å². The molecule has 1 unspecified atom stereocenters. The molecule has 6 N–H and O–H groups in total. The minimum atomic E-state index is -1.10. The molecule has 13 heteroatoms. The predicted octanol–water partition coefficient (Wildman–Crippen LogP) is 2.08. The van der Waals surface area contributed by atoms with Crippen LogP contribution in [0.3, 0.4) is 0 Å². The minimum Gasteiger partial charge on any atom is -0.445 e. The number of amides is 6. The van der Waals surface area contributed by atoms with Gasteiger partial charge in [-0.25, -0.2) is 9.59 Å². The standard InChI is InChI=1S/C34H50N6O7/c1-18(2)22(15-36-32(46)47-17-19-11-9-8-10-12-19)37-31(45)39-27(33(3,4)5)30(44)40-16-21-23(34(21,6)7)25(40)29(43)38-24(20-13-14-20)26(41)28(35)42/h8-12,18,20-25,27H,13-17H2,1-7H3,(H2,35,42)(H,36,46)(H,38,43)(H2,37,39,45)/t21-,22-,23-,24?,25-,27+/m0/s1. The molecule has 3 fully saturated rings. The number of likely N-dealkylation sites (tertiary alicyclic amines) is 1. The fourth-order valence-electron chi connectivity index (χ4n) is 6.61. The maximum absolute atomic E-state index is 14.2. The van der Waals surface area contributed by atoms with Gasteiger partial charge in [0.15, 0.2) is 0 Å². The molecule has 0 aromatic heterocycles. The van der Waals surface area contributed by atoms with Crippen LogP contribution in [0.25, 0.3) is 0 Å². The molecule has 2 aliphatic carbocycles. The normalized spacial score (nSPS) is 23.1. The van der Waals surface area contributed by atoms with E-state index in [1.54, 1.807) is 0 Å². The summed E-state index contributed by atoms with van der Waals surface area (Å²) in [7, 11) is 0. The lowest BCUT2D eigenvalue weighted by atomic mass is 9.85. The van der Waals surface area contributed by atoms with Gasteiger partial charge in [0.05, 0.1) is 6.04 Å². The molecule has 47 heavy (non-hydrogen) atoms. The van der Waals surface area contributed by atoms with Crippen molar-refractivity contribution in [2.24, 2.45) is 40.2 Å². The van der Waals surface area contributed by atoms with Gasteiger partial charge in [-0.15, -0.1) is 0 Å². The zero-order chi connectivity index (χ0) is 34.8. The van der Waals surface area contributed by atoms with Crippen LogP contribution in [0.2, 0.25) is 0 Å². The Balaban J connectivity index is 1.41. The first-order valence-corrected chi connectivity index (χ1v) is 16.4. The monoisotopic (exact) mass is 654 g/mol. The molecule has 6 amide bonds. The molecule has 1 saturated heterocycles. The molecule has 4 rings (SSSR count). The lowest BCUT2D eigenvalue weighted by molar-refractivity contribution is -0.145.